The van der Waals surface area contributed by atoms with Gasteiger partial charge in [0.15, 0.2) is 0 Å². The highest BCUT2D eigenvalue weighted by Gasteiger charge is 2.35. The largest absolute Gasteiger partial charge is 0.467 e. The van der Waals surface area contributed by atoms with Crippen molar-refractivity contribution in [2.24, 2.45) is 11.7 Å². The summed E-state index contributed by atoms with van der Waals surface area (Å²) in [5.41, 5.74) is 4.79. The lowest BCUT2D eigenvalue weighted by atomic mass is 9.98. The van der Waals surface area contributed by atoms with Crippen molar-refractivity contribution in [1.82, 2.24) is 5.32 Å². The zero-order chi connectivity index (χ0) is 19.2. The molecule has 0 saturated carbocycles. The predicted molar refractivity (Wildman–Crippen MR) is 86.5 cm³/mol. The van der Waals surface area contributed by atoms with E-state index in [0.29, 0.717) is 6.42 Å². The Hall–Kier alpha value is -2.09. The molecule has 0 heterocycles. The molecule has 25 heavy (non-hydrogen) atoms. The minimum atomic E-state index is -4.56. The molecular weight excluding hydrogens is 337 g/mol. The van der Waals surface area contributed by atoms with Crippen LogP contribution < -0.4 is 11.1 Å². The van der Waals surface area contributed by atoms with Gasteiger partial charge in [-0.25, -0.2) is 4.79 Å². The van der Waals surface area contributed by atoms with E-state index >= 15 is 0 Å². The van der Waals surface area contributed by atoms with Gasteiger partial charge in [0.2, 0.25) is 5.91 Å². The van der Waals surface area contributed by atoms with E-state index < -0.39 is 35.7 Å². The van der Waals surface area contributed by atoms with Crippen molar-refractivity contribution in [3.8, 4) is 0 Å². The zero-order valence-corrected chi connectivity index (χ0v) is 14.4. The minimum Gasteiger partial charge on any atom is -0.467 e. The number of hydrogen-bond donors (Lipinski definition) is 2. The second-order valence-electron chi connectivity index (χ2n) is 6.18. The van der Waals surface area contributed by atoms with E-state index in [1.54, 1.807) is 0 Å². The Bertz CT molecular complexity index is 603. The molecule has 1 aromatic carbocycles. The van der Waals surface area contributed by atoms with E-state index in [0.717, 1.165) is 13.2 Å². The van der Waals surface area contributed by atoms with Crippen molar-refractivity contribution in [2.45, 2.75) is 44.9 Å². The van der Waals surface area contributed by atoms with Gasteiger partial charge in [0, 0.05) is 6.42 Å². The van der Waals surface area contributed by atoms with Gasteiger partial charge in [0.1, 0.15) is 6.04 Å². The summed E-state index contributed by atoms with van der Waals surface area (Å²) < 4.78 is 43.9. The number of ether oxygens (including phenoxy) is 1. The number of carbonyl (C=O) groups excluding carboxylic acids is 2. The topological polar surface area (TPSA) is 81.4 Å². The Morgan fingerprint density at radius 3 is 2.36 bits per heavy atom. The molecule has 0 aliphatic heterocycles. The third-order valence-electron chi connectivity index (χ3n) is 3.61. The molecule has 1 aromatic rings. The molecule has 0 bridgehead atoms. The fourth-order valence-corrected chi connectivity index (χ4v) is 2.42. The maximum atomic E-state index is 13.1. The van der Waals surface area contributed by atoms with Gasteiger partial charge in [-0.15, -0.1) is 0 Å². The summed E-state index contributed by atoms with van der Waals surface area (Å²) in [7, 11) is 1.10. The predicted octanol–water partition coefficient (Wildman–Crippen LogP) is 2.28. The molecule has 0 radical (unpaired) electrons. The maximum Gasteiger partial charge on any atom is 0.416 e. The Morgan fingerprint density at radius 1 is 1.24 bits per heavy atom. The molecule has 2 unspecified atom stereocenters. The van der Waals surface area contributed by atoms with Gasteiger partial charge >= 0.3 is 12.1 Å². The SMILES string of the molecule is COC(=O)C(Cc1ccccc1C(F)(F)F)NC(=O)C(N)CC(C)C. The molecule has 0 aromatic heterocycles. The number of methoxy groups -OCH3 is 1. The van der Waals surface area contributed by atoms with Crippen molar-refractivity contribution >= 4 is 11.9 Å². The third kappa shape index (κ3) is 6.38. The fourth-order valence-electron chi connectivity index (χ4n) is 2.42. The number of alkyl halides is 3. The number of esters is 1. The number of nitrogens with two attached hydrogens (primary N) is 1. The van der Waals surface area contributed by atoms with E-state index in [9.17, 15) is 22.8 Å². The first-order valence-corrected chi connectivity index (χ1v) is 7.85. The Balaban J connectivity index is 2.99. The normalized spacial score (nSPS) is 14.1. The molecule has 5 nitrogen and oxygen atoms in total. The minimum absolute atomic E-state index is 0.108. The molecule has 1 amide bonds. The van der Waals surface area contributed by atoms with Crippen LogP contribution in [0.5, 0.6) is 0 Å². The van der Waals surface area contributed by atoms with Crippen LogP contribution in [-0.2, 0) is 26.9 Å². The Morgan fingerprint density at radius 2 is 1.84 bits per heavy atom. The van der Waals surface area contributed by atoms with E-state index in [2.05, 4.69) is 10.1 Å². The molecule has 140 valence electrons. The quantitative estimate of drug-likeness (QED) is 0.731. The molecular formula is C17H23F3N2O3. The summed E-state index contributed by atoms with van der Waals surface area (Å²) in [6.07, 6.45) is -4.52. The average Bonchev–Trinajstić information content (AvgIpc) is 2.52. The van der Waals surface area contributed by atoms with Gasteiger partial charge in [-0.3, -0.25) is 4.79 Å². The van der Waals surface area contributed by atoms with E-state index in [-0.39, 0.29) is 17.9 Å². The summed E-state index contributed by atoms with van der Waals surface area (Å²) in [5.74, 6) is -1.28. The number of amides is 1. The lowest BCUT2D eigenvalue weighted by molar-refractivity contribution is -0.146. The van der Waals surface area contributed by atoms with Crippen LogP contribution >= 0.6 is 0 Å². The second-order valence-corrected chi connectivity index (χ2v) is 6.18. The van der Waals surface area contributed by atoms with Crippen molar-refractivity contribution in [3.05, 3.63) is 35.4 Å². The van der Waals surface area contributed by atoms with Gasteiger partial charge in [0.25, 0.3) is 0 Å². The molecule has 3 N–H and O–H groups in total. The molecule has 0 saturated heterocycles. The van der Waals surface area contributed by atoms with Crippen molar-refractivity contribution in [1.29, 1.82) is 0 Å². The molecule has 8 heteroatoms. The Kier molecular flexibility index (Phi) is 7.41. The average molecular weight is 360 g/mol. The number of benzene rings is 1. The third-order valence-corrected chi connectivity index (χ3v) is 3.61. The fraction of sp³-hybridized carbons (Fsp3) is 0.529. The molecule has 0 spiro atoms. The first kappa shape index (κ1) is 21.0. The highest BCUT2D eigenvalue weighted by Crippen LogP contribution is 2.32. The molecule has 2 atom stereocenters. The van der Waals surface area contributed by atoms with Gasteiger partial charge in [-0.1, -0.05) is 32.0 Å². The molecule has 1 rings (SSSR count). The summed E-state index contributed by atoms with van der Waals surface area (Å²) in [4.78, 5) is 24.0. The second kappa shape index (κ2) is 8.84. The van der Waals surface area contributed by atoms with E-state index in [4.69, 9.17) is 5.73 Å². The van der Waals surface area contributed by atoms with Crippen LogP contribution in [-0.4, -0.2) is 31.1 Å². The standard InChI is InChI=1S/C17H23F3N2O3/c1-10(2)8-13(21)15(23)22-14(16(24)25-3)9-11-6-4-5-7-12(11)17(18,19)20/h4-7,10,13-14H,8-9,21H2,1-3H3,(H,22,23). The zero-order valence-electron chi connectivity index (χ0n) is 14.4. The van der Waals surface area contributed by atoms with Crippen LogP contribution in [0.1, 0.15) is 31.4 Å². The summed E-state index contributed by atoms with van der Waals surface area (Å²) >= 11 is 0. The van der Waals surface area contributed by atoms with E-state index in [1.807, 2.05) is 13.8 Å². The number of rotatable bonds is 7. The lowest BCUT2D eigenvalue weighted by Crippen LogP contribution is -2.50. The number of hydrogen-bond acceptors (Lipinski definition) is 4. The first-order valence-electron chi connectivity index (χ1n) is 7.85. The van der Waals surface area contributed by atoms with Crippen LogP contribution in [0.3, 0.4) is 0 Å². The Labute approximate surface area is 144 Å². The van der Waals surface area contributed by atoms with Gasteiger partial charge < -0.3 is 15.8 Å². The monoisotopic (exact) mass is 360 g/mol. The van der Waals surface area contributed by atoms with Crippen LogP contribution in [0.2, 0.25) is 0 Å². The van der Waals surface area contributed by atoms with Crippen LogP contribution in [0.25, 0.3) is 0 Å². The van der Waals surface area contributed by atoms with Crippen molar-refractivity contribution in [2.75, 3.05) is 7.11 Å². The lowest BCUT2D eigenvalue weighted by Gasteiger charge is -2.21. The molecule has 0 fully saturated rings. The number of nitrogens with one attached hydrogen (secondary N) is 1. The van der Waals surface area contributed by atoms with Crippen LogP contribution in [0.4, 0.5) is 13.2 Å². The van der Waals surface area contributed by atoms with Gasteiger partial charge in [-0.05, 0) is 24.0 Å². The van der Waals surface area contributed by atoms with E-state index in [1.165, 1.54) is 18.2 Å². The van der Waals surface area contributed by atoms with Crippen molar-refractivity contribution in [3.63, 3.8) is 0 Å². The number of halogens is 3. The molecule has 0 aliphatic rings. The van der Waals surface area contributed by atoms with Gasteiger partial charge in [-0.2, -0.15) is 13.2 Å². The highest BCUT2D eigenvalue weighted by molar-refractivity contribution is 5.87. The van der Waals surface area contributed by atoms with Gasteiger partial charge in [0.05, 0.1) is 18.7 Å². The summed E-state index contributed by atoms with van der Waals surface area (Å²) in [5, 5.41) is 2.39. The number of carbonyl (C=O) groups is 2. The van der Waals surface area contributed by atoms with Crippen LogP contribution in [0.15, 0.2) is 24.3 Å². The maximum absolute atomic E-state index is 13.1. The summed E-state index contributed by atoms with van der Waals surface area (Å²) in [6, 6.07) is 2.78. The molecule has 0 aliphatic carbocycles. The smallest absolute Gasteiger partial charge is 0.416 e. The summed E-state index contributed by atoms with van der Waals surface area (Å²) in [6.45, 7) is 3.76. The van der Waals surface area contributed by atoms with Crippen LogP contribution in [0, 0.1) is 5.92 Å². The first-order chi connectivity index (χ1) is 11.6. The highest BCUT2D eigenvalue weighted by atomic mass is 19.4. The van der Waals surface area contributed by atoms with Crippen molar-refractivity contribution < 1.29 is 27.5 Å².